The van der Waals surface area contributed by atoms with Gasteiger partial charge in [0.2, 0.25) is 0 Å². The highest BCUT2D eigenvalue weighted by molar-refractivity contribution is 6.33. The van der Waals surface area contributed by atoms with Crippen LogP contribution in [0.4, 0.5) is 5.69 Å². The smallest absolute Gasteiger partial charge is 0.323 e. The lowest BCUT2D eigenvalue weighted by Gasteiger charge is -2.17. The molecule has 0 saturated heterocycles. The van der Waals surface area contributed by atoms with Gasteiger partial charge in [0.1, 0.15) is 6.54 Å². The number of fused-ring (bicyclic) bond motifs is 2. The van der Waals surface area contributed by atoms with Gasteiger partial charge in [0.05, 0.1) is 28.6 Å². The van der Waals surface area contributed by atoms with Gasteiger partial charge in [-0.1, -0.05) is 11.6 Å². The van der Waals surface area contributed by atoms with Crippen LogP contribution in [-0.4, -0.2) is 29.8 Å². The van der Waals surface area contributed by atoms with Crippen molar-refractivity contribution in [2.75, 3.05) is 19.5 Å². The van der Waals surface area contributed by atoms with E-state index in [-0.39, 0.29) is 17.7 Å². The molecule has 1 aromatic heterocycles. The number of aliphatic carboxylic acids is 1. The van der Waals surface area contributed by atoms with Gasteiger partial charge in [-0.3, -0.25) is 9.59 Å². The van der Waals surface area contributed by atoms with E-state index in [1.807, 2.05) is 0 Å². The molecule has 0 aliphatic rings. The molecule has 0 radical (unpaired) electrons. The van der Waals surface area contributed by atoms with Crippen LogP contribution in [-0.2, 0) is 11.3 Å². The van der Waals surface area contributed by atoms with Crippen molar-refractivity contribution in [3.63, 3.8) is 0 Å². The van der Waals surface area contributed by atoms with Crippen molar-refractivity contribution < 1.29 is 14.6 Å². The van der Waals surface area contributed by atoms with Crippen LogP contribution in [0, 0.1) is 0 Å². The van der Waals surface area contributed by atoms with E-state index in [0.717, 1.165) is 5.69 Å². The van der Waals surface area contributed by atoms with Crippen LogP contribution in [0.15, 0.2) is 35.1 Å². The number of halogens is 1. The Hall–Kier alpha value is -2.73. The Morgan fingerprint density at radius 1 is 1.29 bits per heavy atom. The second-order valence-corrected chi connectivity index (χ2v) is 5.67. The number of pyridine rings is 1. The van der Waals surface area contributed by atoms with E-state index in [9.17, 15) is 14.7 Å². The number of hydrogen-bond donors (Lipinski definition) is 2. The first-order valence-electron chi connectivity index (χ1n) is 7.20. The fourth-order valence-corrected chi connectivity index (χ4v) is 3.09. The number of benzene rings is 2. The van der Waals surface area contributed by atoms with E-state index in [2.05, 4.69) is 5.32 Å². The molecular formula is C17H15ClN2O4. The highest BCUT2D eigenvalue weighted by Crippen LogP contribution is 2.34. The van der Waals surface area contributed by atoms with Crippen molar-refractivity contribution in [1.82, 2.24) is 4.57 Å². The molecule has 0 fully saturated rings. The minimum atomic E-state index is -1.03. The minimum Gasteiger partial charge on any atom is -0.493 e. The summed E-state index contributed by atoms with van der Waals surface area (Å²) in [6.45, 7) is -0.322. The summed E-state index contributed by atoms with van der Waals surface area (Å²) in [6, 6.07) is 8.35. The second kappa shape index (κ2) is 6.05. The normalized spacial score (nSPS) is 11.0. The maximum absolute atomic E-state index is 12.8. The summed E-state index contributed by atoms with van der Waals surface area (Å²) in [7, 11) is 3.18. The van der Waals surface area contributed by atoms with Gasteiger partial charge in [0, 0.05) is 18.1 Å². The molecule has 2 N–H and O–H groups in total. The first-order chi connectivity index (χ1) is 11.5. The molecule has 0 aliphatic heterocycles. The van der Waals surface area contributed by atoms with Crippen molar-refractivity contribution in [2.45, 2.75) is 6.54 Å². The Labute approximate surface area is 142 Å². The molecular weight excluding hydrogens is 332 g/mol. The van der Waals surface area contributed by atoms with Crippen LogP contribution < -0.4 is 15.5 Å². The zero-order valence-electron chi connectivity index (χ0n) is 13.1. The number of ether oxygens (including phenoxy) is 1. The van der Waals surface area contributed by atoms with Gasteiger partial charge >= 0.3 is 5.97 Å². The maximum atomic E-state index is 12.8. The van der Waals surface area contributed by atoms with E-state index >= 15 is 0 Å². The molecule has 0 atom stereocenters. The molecule has 6 nitrogen and oxygen atoms in total. The number of carboxylic acid groups (broad SMARTS) is 1. The fraction of sp³-hybridized carbons (Fsp3) is 0.176. The highest BCUT2D eigenvalue weighted by Gasteiger charge is 2.18. The average Bonchev–Trinajstić information content (AvgIpc) is 2.57. The summed E-state index contributed by atoms with van der Waals surface area (Å²) in [6.07, 6.45) is 0. The Morgan fingerprint density at radius 3 is 2.62 bits per heavy atom. The lowest BCUT2D eigenvalue weighted by molar-refractivity contribution is -0.137. The summed E-state index contributed by atoms with van der Waals surface area (Å²) in [5, 5.41) is 13.4. The number of methoxy groups -OCH3 is 1. The zero-order valence-corrected chi connectivity index (χ0v) is 13.8. The third-order valence-electron chi connectivity index (χ3n) is 3.92. The van der Waals surface area contributed by atoms with Crippen LogP contribution in [0.25, 0.3) is 21.8 Å². The predicted molar refractivity (Wildman–Crippen MR) is 94.5 cm³/mol. The van der Waals surface area contributed by atoms with Gasteiger partial charge in [0.15, 0.2) is 11.2 Å². The average molecular weight is 347 g/mol. The largest absolute Gasteiger partial charge is 0.493 e. The highest BCUT2D eigenvalue weighted by atomic mass is 35.5. The zero-order chi connectivity index (χ0) is 17.4. The minimum absolute atomic E-state index is 0.195. The van der Waals surface area contributed by atoms with E-state index in [4.69, 9.17) is 16.3 Å². The number of hydrogen-bond acceptors (Lipinski definition) is 4. The molecule has 2 aromatic carbocycles. The van der Waals surface area contributed by atoms with E-state index < -0.39 is 5.97 Å². The van der Waals surface area contributed by atoms with Crippen LogP contribution in [0.5, 0.6) is 5.75 Å². The van der Waals surface area contributed by atoms with Gasteiger partial charge in [0.25, 0.3) is 0 Å². The van der Waals surface area contributed by atoms with Crippen molar-refractivity contribution in [1.29, 1.82) is 0 Å². The molecule has 24 heavy (non-hydrogen) atoms. The summed E-state index contributed by atoms with van der Waals surface area (Å²) in [4.78, 5) is 24.2. The van der Waals surface area contributed by atoms with Crippen molar-refractivity contribution in [2.24, 2.45) is 0 Å². The first-order valence-corrected chi connectivity index (χ1v) is 7.58. The number of rotatable bonds is 4. The van der Waals surface area contributed by atoms with Gasteiger partial charge < -0.3 is 19.7 Å². The molecule has 0 aliphatic carbocycles. The van der Waals surface area contributed by atoms with Crippen LogP contribution in [0.1, 0.15) is 0 Å². The molecule has 124 valence electrons. The SMILES string of the molecule is CNc1ccc2c(=O)c3ccc(Cl)c(OC)c3n(CC(=O)O)c2c1. The van der Waals surface area contributed by atoms with Crippen LogP contribution in [0.2, 0.25) is 5.02 Å². The molecule has 3 rings (SSSR count). The van der Waals surface area contributed by atoms with Gasteiger partial charge in [-0.2, -0.15) is 0 Å². The number of anilines is 1. The standard InChI is InChI=1S/C17H15ClN2O4/c1-19-9-3-4-10-13(7-9)20(8-14(21)22)15-11(16(10)23)5-6-12(18)17(15)24-2/h3-7,19H,8H2,1-2H3,(H,21,22). The summed E-state index contributed by atoms with van der Waals surface area (Å²) >= 11 is 6.17. The van der Waals surface area contributed by atoms with Crippen molar-refractivity contribution in [3.8, 4) is 5.75 Å². The molecule has 1 heterocycles. The predicted octanol–water partition coefficient (Wildman–Crippen LogP) is 2.94. The molecule has 7 heteroatoms. The van der Waals surface area contributed by atoms with Crippen LogP contribution >= 0.6 is 11.6 Å². The Bertz CT molecular complexity index is 1030. The lowest BCUT2D eigenvalue weighted by atomic mass is 10.1. The van der Waals surface area contributed by atoms with Crippen LogP contribution in [0.3, 0.4) is 0 Å². The number of aromatic nitrogens is 1. The maximum Gasteiger partial charge on any atom is 0.323 e. The first kappa shape index (κ1) is 16.1. The summed E-state index contributed by atoms with van der Waals surface area (Å²) in [5.74, 6) is -0.748. The second-order valence-electron chi connectivity index (χ2n) is 5.27. The number of nitrogens with zero attached hydrogens (tertiary/aromatic N) is 1. The lowest BCUT2D eigenvalue weighted by Crippen LogP contribution is -2.17. The number of carboxylic acids is 1. The third-order valence-corrected chi connectivity index (χ3v) is 4.21. The Kier molecular flexibility index (Phi) is 4.07. The van der Waals surface area contributed by atoms with Gasteiger partial charge in [-0.05, 0) is 30.3 Å². The molecule has 0 bridgehead atoms. The molecule has 0 amide bonds. The van der Waals surface area contributed by atoms with Crippen molar-refractivity contribution >= 4 is 45.1 Å². The number of nitrogens with one attached hydrogen (secondary N) is 1. The monoisotopic (exact) mass is 346 g/mol. The quantitative estimate of drug-likeness (QED) is 0.710. The topological polar surface area (TPSA) is 80.6 Å². The third kappa shape index (κ3) is 2.45. The molecule has 0 spiro atoms. The number of carbonyl (C=O) groups is 1. The van der Waals surface area contributed by atoms with Crippen molar-refractivity contribution in [3.05, 3.63) is 45.6 Å². The Morgan fingerprint density at radius 2 is 2.00 bits per heavy atom. The molecule has 0 saturated carbocycles. The van der Waals surface area contributed by atoms with Gasteiger partial charge in [-0.15, -0.1) is 0 Å². The molecule has 0 unspecified atom stereocenters. The fourth-order valence-electron chi connectivity index (χ4n) is 2.86. The Balaban J connectivity index is 2.60. The van der Waals surface area contributed by atoms with E-state index in [1.54, 1.807) is 41.9 Å². The van der Waals surface area contributed by atoms with E-state index in [1.165, 1.54) is 7.11 Å². The van der Waals surface area contributed by atoms with E-state index in [0.29, 0.717) is 26.8 Å². The summed E-state index contributed by atoms with van der Waals surface area (Å²) in [5.41, 5.74) is 1.45. The molecule has 3 aromatic rings. The van der Waals surface area contributed by atoms with Gasteiger partial charge in [-0.25, -0.2) is 0 Å². The summed E-state index contributed by atoms with van der Waals surface area (Å²) < 4.78 is 6.88.